The molecule has 1 N–H and O–H groups in total. The van der Waals surface area contributed by atoms with Crippen LogP contribution in [0.4, 0.5) is 4.39 Å². The normalized spacial score (nSPS) is 10.7. The number of esters is 1. The number of aromatic amines is 1. The summed E-state index contributed by atoms with van der Waals surface area (Å²) in [5.41, 5.74) is 3.01. The number of fused-ring (bicyclic) bond motifs is 1. The molecule has 0 saturated heterocycles. The van der Waals surface area contributed by atoms with E-state index in [1.54, 1.807) is 24.4 Å². The lowest BCUT2D eigenvalue weighted by Crippen LogP contribution is -2.02. The number of carbonyl (C=O) groups excluding carboxylic acids is 1. The minimum atomic E-state index is -0.390. The molecule has 0 amide bonds. The van der Waals surface area contributed by atoms with Crippen LogP contribution in [0.15, 0.2) is 48.7 Å². The van der Waals surface area contributed by atoms with Crippen molar-refractivity contribution < 1.29 is 13.9 Å². The summed E-state index contributed by atoms with van der Waals surface area (Å²) in [6, 6.07) is 11.7. The molecule has 0 aliphatic rings. The molecule has 3 rings (SSSR count). The highest BCUT2D eigenvalue weighted by atomic mass is 19.1. The third-order valence-corrected chi connectivity index (χ3v) is 3.25. The zero-order valence-electron chi connectivity index (χ0n) is 10.8. The predicted octanol–water partition coefficient (Wildman–Crippen LogP) is 3.76. The minimum absolute atomic E-state index is 0.289. The molecule has 20 heavy (non-hydrogen) atoms. The van der Waals surface area contributed by atoms with Gasteiger partial charge in [-0.1, -0.05) is 12.1 Å². The molecule has 100 valence electrons. The second kappa shape index (κ2) is 4.81. The van der Waals surface area contributed by atoms with Crippen molar-refractivity contribution in [3.05, 3.63) is 60.0 Å². The Morgan fingerprint density at radius 1 is 1.10 bits per heavy atom. The van der Waals surface area contributed by atoms with Crippen molar-refractivity contribution in [3.63, 3.8) is 0 Å². The number of hydrogen-bond donors (Lipinski definition) is 1. The topological polar surface area (TPSA) is 42.1 Å². The number of nitrogens with one attached hydrogen (secondary N) is 1. The molecule has 1 heterocycles. The van der Waals surface area contributed by atoms with Gasteiger partial charge in [0.05, 0.1) is 12.7 Å². The maximum absolute atomic E-state index is 13.0. The van der Waals surface area contributed by atoms with Crippen molar-refractivity contribution in [2.75, 3.05) is 7.11 Å². The molecule has 3 nitrogen and oxygen atoms in total. The fourth-order valence-corrected chi connectivity index (χ4v) is 2.25. The van der Waals surface area contributed by atoms with Gasteiger partial charge in [-0.25, -0.2) is 9.18 Å². The molecule has 0 fully saturated rings. The molecule has 0 atom stereocenters. The third kappa shape index (κ3) is 2.05. The summed E-state index contributed by atoms with van der Waals surface area (Å²) in [7, 11) is 1.35. The van der Waals surface area contributed by atoms with Gasteiger partial charge in [0.2, 0.25) is 0 Å². The molecule has 0 unspecified atom stereocenters. The number of halogens is 1. The van der Waals surface area contributed by atoms with Crippen molar-refractivity contribution in [2.45, 2.75) is 0 Å². The summed E-state index contributed by atoms with van der Waals surface area (Å²) in [4.78, 5) is 14.9. The maximum atomic E-state index is 13.0. The lowest BCUT2D eigenvalue weighted by atomic mass is 10.0. The molecule has 0 aliphatic heterocycles. The van der Waals surface area contributed by atoms with Gasteiger partial charge in [-0.3, -0.25) is 0 Å². The summed E-state index contributed by atoms with van der Waals surface area (Å²) in [6.45, 7) is 0. The molecular formula is C16H12FNO2. The number of carbonyl (C=O) groups is 1. The van der Waals surface area contributed by atoms with Crippen LogP contribution in [-0.2, 0) is 4.74 Å². The third-order valence-electron chi connectivity index (χ3n) is 3.25. The first-order valence-electron chi connectivity index (χ1n) is 6.14. The van der Waals surface area contributed by atoms with Gasteiger partial charge >= 0.3 is 5.97 Å². The van der Waals surface area contributed by atoms with Crippen LogP contribution in [0.2, 0.25) is 0 Å². The monoisotopic (exact) mass is 269 g/mol. The molecule has 4 heteroatoms. The molecule has 0 spiro atoms. The molecular weight excluding hydrogens is 257 g/mol. The number of aromatic nitrogens is 1. The van der Waals surface area contributed by atoms with E-state index in [0.29, 0.717) is 5.56 Å². The Kier molecular flexibility index (Phi) is 2.99. The molecule has 1 aromatic heterocycles. The van der Waals surface area contributed by atoms with E-state index < -0.39 is 5.97 Å². The average molecular weight is 269 g/mol. The number of hydrogen-bond acceptors (Lipinski definition) is 2. The van der Waals surface area contributed by atoms with Crippen LogP contribution >= 0.6 is 0 Å². The lowest BCUT2D eigenvalue weighted by Gasteiger charge is -2.07. The predicted molar refractivity (Wildman–Crippen MR) is 75.0 cm³/mol. The molecule has 0 bridgehead atoms. The highest BCUT2D eigenvalue weighted by molar-refractivity contribution is 6.05. The van der Waals surface area contributed by atoms with E-state index in [2.05, 4.69) is 4.98 Å². The lowest BCUT2D eigenvalue weighted by molar-refractivity contribution is 0.0603. The first-order valence-corrected chi connectivity index (χ1v) is 6.14. The second-order valence-corrected chi connectivity index (χ2v) is 4.46. The summed E-state index contributed by atoms with van der Waals surface area (Å²) < 4.78 is 17.8. The Morgan fingerprint density at radius 3 is 2.55 bits per heavy atom. The summed E-state index contributed by atoms with van der Waals surface area (Å²) in [6.07, 6.45) is 1.77. The van der Waals surface area contributed by atoms with Gasteiger partial charge in [0, 0.05) is 17.1 Å². The number of rotatable bonds is 2. The Bertz CT molecular complexity index is 775. The second-order valence-electron chi connectivity index (χ2n) is 4.46. The maximum Gasteiger partial charge on any atom is 0.338 e. The van der Waals surface area contributed by atoms with Crippen LogP contribution in [0, 0.1) is 5.82 Å². The Balaban J connectivity index is 2.21. The quantitative estimate of drug-likeness (QED) is 0.720. The van der Waals surface area contributed by atoms with Gasteiger partial charge in [0.25, 0.3) is 0 Å². The zero-order valence-corrected chi connectivity index (χ0v) is 10.8. The van der Waals surface area contributed by atoms with Crippen LogP contribution in [0.5, 0.6) is 0 Å². The number of H-pyrrole nitrogens is 1. The summed E-state index contributed by atoms with van der Waals surface area (Å²) >= 11 is 0. The van der Waals surface area contributed by atoms with E-state index in [1.807, 2.05) is 12.1 Å². The smallest absolute Gasteiger partial charge is 0.338 e. The Hall–Kier alpha value is -2.62. The minimum Gasteiger partial charge on any atom is -0.465 e. The van der Waals surface area contributed by atoms with Crippen LogP contribution in [0.1, 0.15) is 10.4 Å². The molecule has 3 aromatic rings. The van der Waals surface area contributed by atoms with E-state index in [4.69, 9.17) is 4.74 Å². The summed E-state index contributed by atoms with van der Waals surface area (Å²) in [5, 5.41) is 0.808. The van der Waals surface area contributed by atoms with Crippen molar-refractivity contribution >= 4 is 16.9 Å². The van der Waals surface area contributed by atoms with E-state index in [0.717, 1.165) is 22.0 Å². The van der Waals surface area contributed by atoms with Crippen molar-refractivity contribution in [1.82, 2.24) is 4.98 Å². The van der Waals surface area contributed by atoms with Crippen LogP contribution < -0.4 is 0 Å². The molecule has 2 aromatic carbocycles. The fourth-order valence-electron chi connectivity index (χ4n) is 2.25. The Labute approximate surface area is 115 Å². The van der Waals surface area contributed by atoms with Crippen molar-refractivity contribution in [1.29, 1.82) is 0 Å². The zero-order chi connectivity index (χ0) is 14.1. The van der Waals surface area contributed by atoms with Crippen LogP contribution in [0.25, 0.3) is 22.0 Å². The van der Waals surface area contributed by atoms with Crippen molar-refractivity contribution in [2.24, 2.45) is 0 Å². The van der Waals surface area contributed by atoms with E-state index >= 15 is 0 Å². The van der Waals surface area contributed by atoms with E-state index in [1.165, 1.54) is 19.2 Å². The summed E-state index contributed by atoms with van der Waals surface area (Å²) in [5.74, 6) is -0.679. The largest absolute Gasteiger partial charge is 0.465 e. The van der Waals surface area contributed by atoms with E-state index in [-0.39, 0.29) is 5.82 Å². The van der Waals surface area contributed by atoms with Gasteiger partial charge in [0.15, 0.2) is 0 Å². The standard InChI is InChI=1S/C16H12FNO2/c1-20-16(19)14-8-11(9-15-13(14)6-7-18-15)10-2-4-12(17)5-3-10/h2-9,18H,1H3. The van der Waals surface area contributed by atoms with Gasteiger partial charge in [-0.05, 0) is 41.5 Å². The highest BCUT2D eigenvalue weighted by Gasteiger charge is 2.13. The molecule has 0 saturated carbocycles. The van der Waals surface area contributed by atoms with Crippen molar-refractivity contribution in [3.8, 4) is 11.1 Å². The highest BCUT2D eigenvalue weighted by Crippen LogP contribution is 2.27. The number of ether oxygens (including phenoxy) is 1. The fraction of sp³-hybridized carbons (Fsp3) is 0.0625. The van der Waals surface area contributed by atoms with Crippen LogP contribution in [-0.4, -0.2) is 18.1 Å². The van der Waals surface area contributed by atoms with Crippen LogP contribution in [0.3, 0.4) is 0 Å². The first kappa shape index (κ1) is 12.4. The molecule has 0 aliphatic carbocycles. The molecule has 0 radical (unpaired) electrons. The van der Waals surface area contributed by atoms with Gasteiger partial charge in [-0.2, -0.15) is 0 Å². The average Bonchev–Trinajstić information content (AvgIpc) is 2.94. The van der Waals surface area contributed by atoms with Gasteiger partial charge in [-0.15, -0.1) is 0 Å². The first-order chi connectivity index (χ1) is 9.69. The SMILES string of the molecule is COC(=O)c1cc(-c2ccc(F)cc2)cc2[nH]ccc12. The Morgan fingerprint density at radius 2 is 1.85 bits per heavy atom. The number of benzene rings is 2. The van der Waals surface area contributed by atoms with E-state index in [9.17, 15) is 9.18 Å². The number of methoxy groups -OCH3 is 1. The van der Waals surface area contributed by atoms with Gasteiger partial charge < -0.3 is 9.72 Å². The van der Waals surface area contributed by atoms with Gasteiger partial charge in [0.1, 0.15) is 5.82 Å².